The highest BCUT2D eigenvalue weighted by molar-refractivity contribution is 5.43. The first-order chi connectivity index (χ1) is 19.8. The van der Waals surface area contributed by atoms with Crippen molar-refractivity contribution in [3.8, 4) is 28.7 Å². The largest absolute Gasteiger partial charge is 0.508 e. The van der Waals surface area contributed by atoms with E-state index >= 15 is 0 Å². The number of rotatable bonds is 0. The van der Waals surface area contributed by atoms with Crippen molar-refractivity contribution < 1.29 is 35.7 Å². The van der Waals surface area contributed by atoms with Crippen LogP contribution in [0.15, 0.2) is 115 Å². The van der Waals surface area contributed by atoms with Crippen LogP contribution in [0.1, 0.15) is 29.2 Å². The van der Waals surface area contributed by atoms with Gasteiger partial charge in [-0.1, -0.05) is 78.4 Å². The van der Waals surface area contributed by atoms with E-state index in [0.29, 0.717) is 22.8 Å². The van der Waals surface area contributed by atoms with Crippen molar-refractivity contribution in [1.29, 1.82) is 0 Å². The van der Waals surface area contributed by atoms with Gasteiger partial charge in [0.1, 0.15) is 29.5 Å². The van der Waals surface area contributed by atoms with Gasteiger partial charge < -0.3 is 35.7 Å². The van der Waals surface area contributed by atoms with Crippen LogP contribution in [-0.4, -0.2) is 48.0 Å². The minimum absolute atomic E-state index is 0.0301. The summed E-state index contributed by atoms with van der Waals surface area (Å²) in [4.78, 5) is 0. The summed E-state index contributed by atoms with van der Waals surface area (Å²) in [5, 5.41) is 62.3. The van der Waals surface area contributed by atoms with E-state index in [-0.39, 0.29) is 11.5 Å². The number of aryl methyl sites for hydroxylation is 4. The zero-order valence-corrected chi connectivity index (χ0v) is 24.7. The molecule has 0 amide bonds. The van der Waals surface area contributed by atoms with Gasteiger partial charge in [-0.05, 0) is 93.3 Å². The first kappa shape index (κ1) is 35.3. The average Bonchev–Trinajstić information content (AvgIpc) is 2.95. The molecule has 0 saturated carbocycles. The van der Waals surface area contributed by atoms with Crippen molar-refractivity contribution in [2.45, 2.75) is 46.8 Å². The summed E-state index contributed by atoms with van der Waals surface area (Å²) in [7, 11) is 0. The standard InChI is InChI=1S/C7H10O2.C7H8O2.3C7H8O/c2*1-5-3-2-4-6(8)7(5)9;1-6-2-4-7(8)5-3-6;1-6-3-2-4-7(8)5-6;1-6-4-2-3-5-7(6)8/h2-4,6-9H,1H3;2-4,8-9H,1H3;3*2-5,8H,1H3/t6-,7+;;;;/m0..../s1. The lowest BCUT2D eigenvalue weighted by Gasteiger charge is -2.17. The van der Waals surface area contributed by atoms with E-state index in [1.54, 1.807) is 74.5 Å². The molecule has 0 saturated heterocycles. The lowest BCUT2D eigenvalue weighted by molar-refractivity contribution is 0.0716. The van der Waals surface area contributed by atoms with Gasteiger partial charge >= 0.3 is 0 Å². The highest BCUT2D eigenvalue weighted by Gasteiger charge is 2.16. The first-order valence-corrected chi connectivity index (χ1v) is 13.3. The van der Waals surface area contributed by atoms with E-state index in [1.807, 2.05) is 63.2 Å². The number of hydrogen-bond acceptors (Lipinski definition) is 7. The molecule has 0 heterocycles. The number of allylic oxidation sites excluding steroid dienone is 2. The topological polar surface area (TPSA) is 142 Å². The van der Waals surface area contributed by atoms with E-state index in [0.717, 1.165) is 16.7 Å². The van der Waals surface area contributed by atoms with Gasteiger partial charge in [-0.15, -0.1) is 0 Å². The third-order valence-electron chi connectivity index (χ3n) is 5.82. The Morgan fingerprint density at radius 1 is 0.524 bits per heavy atom. The molecule has 5 rings (SSSR count). The molecule has 0 unspecified atom stereocenters. The van der Waals surface area contributed by atoms with Crippen LogP contribution >= 0.6 is 0 Å². The van der Waals surface area contributed by atoms with Gasteiger partial charge in [-0.25, -0.2) is 0 Å². The molecule has 42 heavy (non-hydrogen) atoms. The Morgan fingerprint density at radius 2 is 1.10 bits per heavy atom. The number of benzene rings is 4. The predicted molar refractivity (Wildman–Crippen MR) is 168 cm³/mol. The van der Waals surface area contributed by atoms with E-state index < -0.39 is 12.2 Å². The van der Waals surface area contributed by atoms with Crippen molar-refractivity contribution in [3.63, 3.8) is 0 Å². The third kappa shape index (κ3) is 14.1. The maximum Gasteiger partial charge on any atom is 0.160 e. The van der Waals surface area contributed by atoms with Crippen LogP contribution in [-0.2, 0) is 0 Å². The second-order valence-corrected chi connectivity index (χ2v) is 9.63. The fourth-order valence-electron chi connectivity index (χ4n) is 3.17. The second-order valence-electron chi connectivity index (χ2n) is 9.63. The van der Waals surface area contributed by atoms with Crippen LogP contribution in [0, 0.1) is 27.7 Å². The molecule has 1 aliphatic rings. The van der Waals surface area contributed by atoms with Crippen molar-refractivity contribution in [3.05, 3.63) is 137 Å². The number of phenols is 5. The summed E-state index contributed by atoms with van der Waals surface area (Å²) in [5.74, 6) is 0.945. The van der Waals surface area contributed by atoms with Crippen LogP contribution in [0.5, 0.6) is 28.7 Å². The Morgan fingerprint density at radius 3 is 1.50 bits per heavy atom. The quantitative estimate of drug-likeness (QED) is 0.115. The summed E-state index contributed by atoms with van der Waals surface area (Å²) >= 11 is 0. The van der Waals surface area contributed by atoms with Gasteiger partial charge in [-0.2, -0.15) is 0 Å². The van der Waals surface area contributed by atoms with Gasteiger partial charge in [0.15, 0.2) is 11.5 Å². The number of aromatic hydroxyl groups is 5. The molecule has 7 N–H and O–H groups in total. The van der Waals surface area contributed by atoms with Crippen molar-refractivity contribution in [2.75, 3.05) is 0 Å². The summed E-state index contributed by atoms with van der Waals surface area (Å²) < 4.78 is 0. The number of phenolic OH excluding ortho intramolecular Hbond substituents is 5. The van der Waals surface area contributed by atoms with Crippen LogP contribution in [0.4, 0.5) is 0 Å². The molecule has 2 atom stereocenters. The number of aliphatic hydroxyl groups is 2. The maximum absolute atomic E-state index is 9.08. The average molecular weight is 575 g/mol. The molecule has 1 aliphatic carbocycles. The zero-order valence-electron chi connectivity index (χ0n) is 24.7. The second kappa shape index (κ2) is 18.6. The summed E-state index contributed by atoms with van der Waals surface area (Å²) in [6.45, 7) is 9.32. The van der Waals surface area contributed by atoms with Crippen LogP contribution in [0.25, 0.3) is 0 Å². The first-order valence-electron chi connectivity index (χ1n) is 13.3. The molecular formula is C35H42O7. The van der Waals surface area contributed by atoms with Gasteiger partial charge in [0.25, 0.3) is 0 Å². The molecule has 0 fully saturated rings. The Balaban J connectivity index is 0.000000263. The molecule has 4 aromatic carbocycles. The van der Waals surface area contributed by atoms with Crippen LogP contribution in [0.3, 0.4) is 0 Å². The predicted octanol–water partition coefficient (Wildman–Crippen LogP) is 6.73. The van der Waals surface area contributed by atoms with Crippen LogP contribution < -0.4 is 0 Å². The van der Waals surface area contributed by atoms with E-state index in [1.165, 1.54) is 11.6 Å². The smallest absolute Gasteiger partial charge is 0.160 e. The lowest BCUT2D eigenvalue weighted by Crippen LogP contribution is -2.26. The number of aliphatic hydroxyl groups excluding tert-OH is 2. The molecule has 0 radical (unpaired) electrons. The fourth-order valence-corrected chi connectivity index (χ4v) is 3.17. The third-order valence-corrected chi connectivity index (χ3v) is 5.82. The Labute approximate surface area is 248 Å². The van der Waals surface area contributed by atoms with Gasteiger partial charge in [-0.3, -0.25) is 0 Å². The highest BCUT2D eigenvalue weighted by Crippen LogP contribution is 2.26. The molecule has 0 aromatic heterocycles. The summed E-state index contributed by atoms with van der Waals surface area (Å²) in [5.41, 5.74) is 4.68. The minimum atomic E-state index is -0.713. The normalized spacial score (nSPS) is 14.6. The molecule has 0 bridgehead atoms. The molecule has 4 aromatic rings. The maximum atomic E-state index is 9.08. The summed E-state index contributed by atoms with van der Waals surface area (Å²) in [6, 6.07) is 26.4. The van der Waals surface area contributed by atoms with E-state index in [2.05, 4.69) is 0 Å². The Hall–Kier alpha value is -4.72. The number of hydrogen-bond donors (Lipinski definition) is 7. The Bertz CT molecular complexity index is 1330. The van der Waals surface area contributed by atoms with Crippen molar-refractivity contribution in [2.24, 2.45) is 0 Å². The zero-order chi connectivity index (χ0) is 31.7. The van der Waals surface area contributed by atoms with Gasteiger partial charge in [0.2, 0.25) is 0 Å². The molecule has 7 heteroatoms. The summed E-state index contributed by atoms with van der Waals surface area (Å²) in [6.07, 6.45) is 3.69. The van der Waals surface area contributed by atoms with E-state index in [9.17, 15) is 0 Å². The number of para-hydroxylation sites is 2. The Kier molecular flexibility index (Phi) is 15.6. The van der Waals surface area contributed by atoms with E-state index in [4.69, 9.17) is 35.7 Å². The van der Waals surface area contributed by atoms with Crippen molar-refractivity contribution >= 4 is 0 Å². The molecular weight excluding hydrogens is 532 g/mol. The lowest BCUT2D eigenvalue weighted by atomic mass is 10.0. The molecule has 0 aliphatic heterocycles. The van der Waals surface area contributed by atoms with Crippen LogP contribution in [0.2, 0.25) is 0 Å². The highest BCUT2D eigenvalue weighted by atomic mass is 16.3. The monoisotopic (exact) mass is 574 g/mol. The molecule has 224 valence electrons. The molecule has 0 spiro atoms. The van der Waals surface area contributed by atoms with Crippen molar-refractivity contribution in [1.82, 2.24) is 0 Å². The molecule has 7 nitrogen and oxygen atoms in total. The van der Waals surface area contributed by atoms with Gasteiger partial charge in [0, 0.05) is 0 Å². The minimum Gasteiger partial charge on any atom is -0.508 e. The van der Waals surface area contributed by atoms with Gasteiger partial charge in [0.05, 0.1) is 0 Å². The SMILES string of the molecule is CC1=CC=C[C@H](O)[C@@H]1O.Cc1ccc(O)cc1.Cc1cccc(O)c1.Cc1cccc(O)c1O.Cc1ccccc1O. The fraction of sp³-hybridized carbons (Fsp3) is 0.200.